The highest BCUT2D eigenvalue weighted by Crippen LogP contribution is 2.28. The van der Waals surface area contributed by atoms with Crippen molar-refractivity contribution in [2.75, 3.05) is 12.3 Å². The van der Waals surface area contributed by atoms with Crippen molar-refractivity contribution in [3.8, 4) is 0 Å². The molecule has 2 heterocycles. The number of hydrogen-bond acceptors (Lipinski definition) is 8. The molecule has 0 aliphatic carbocycles. The molecule has 1 aliphatic heterocycles. The van der Waals surface area contributed by atoms with Crippen LogP contribution in [-0.2, 0) is 14.3 Å². The third-order valence-corrected chi connectivity index (χ3v) is 2.91. The number of ether oxygens (including phenoxy) is 2. The second kappa shape index (κ2) is 5.57. The fourth-order valence-corrected chi connectivity index (χ4v) is 1.92. The van der Waals surface area contributed by atoms with E-state index in [9.17, 15) is 19.8 Å². The van der Waals surface area contributed by atoms with Gasteiger partial charge in [0.1, 0.15) is 30.7 Å². The Balaban J connectivity index is 2.17. The van der Waals surface area contributed by atoms with Gasteiger partial charge in [0.15, 0.2) is 6.23 Å². The standard InChI is InChI=1S/C11H15N3O6/c1-5(15)19-4-6-8(16)9(17)10(20-6)14-3-2-7(12)13-11(14)18/h2-3,6,8-10,16-17H,4H2,1H3,(H2,12,13,18). The van der Waals surface area contributed by atoms with Gasteiger partial charge in [0.2, 0.25) is 0 Å². The Morgan fingerprint density at radius 3 is 2.85 bits per heavy atom. The lowest BCUT2D eigenvalue weighted by molar-refractivity contribution is -0.147. The quantitative estimate of drug-likeness (QED) is 0.543. The lowest BCUT2D eigenvalue weighted by atomic mass is 10.1. The van der Waals surface area contributed by atoms with Gasteiger partial charge in [0.05, 0.1) is 0 Å². The molecule has 1 saturated heterocycles. The summed E-state index contributed by atoms with van der Waals surface area (Å²) in [6, 6.07) is 1.36. The first-order valence-corrected chi connectivity index (χ1v) is 5.89. The summed E-state index contributed by atoms with van der Waals surface area (Å²) in [6.45, 7) is 0.991. The molecule has 0 amide bonds. The number of nitrogen functional groups attached to an aromatic ring is 1. The first kappa shape index (κ1) is 14.4. The highest BCUT2D eigenvalue weighted by atomic mass is 16.6. The van der Waals surface area contributed by atoms with Gasteiger partial charge < -0.3 is 25.4 Å². The zero-order valence-corrected chi connectivity index (χ0v) is 10.7. The molecule has 0 spiro atoms. The van der Waals surface area contributed by atoms with E-state index in [1.807, 2.05) is 0 Å². The van der Waals surface area contributed by atoms with Crippen LogP contribution in [0.4, 0.5) is 5.82 Å². The minimum Gasteiger partial charge on any atom is -0.463 e. The number of aliphatic hydroxyl groups excluding tert-OH is 2. The summed E-state index contributed by atoms with van der Waals surface area (Å²) in [6.07, 6.45) is -3.38. The molecule has 0 bridgehead atoms. The Hall–Kier alpha value is -1.97. The van der Waals surface area contributed by atoms with Gasteiger partial charge >= 0.3 is 11.7 Å². The van der Waals surface area contributed by atoms with Gasteiger partial charge in [-0.1, -0.05) is 0 Å². The number of nitrogens with zero attached hydrogens (tertiary/aromatic N) is 2. The van der Waals surface area contributed by atoms with Crippen LogP contribution in [0.15, 0.2) is 17.1 Å². The van der Waals surface area contributed by atoms with Gasteiger partial charge in [-0.2, -0.15) is 4.98 Å². The predicted octanol–water partition coefficient (Wildman–Crippen LogP) is -1.99. The number of esters is 1. The number of nitrogens with two attached hydrogens (primary N) is 1. The molecule has 2 rings (SSSR count). The fourth-order valence-electron chi connectivity index (χ4n) is 1.92. The SMILES string of the molecule is CC(=O)OCC1OC(n2ccc(N)nc2=O)C(O)C1O. The first-order valence-electron chi connectivity index (χ1n) is 5.89. The van der Waals surface area contributed by atoms with Gasteiger partial charge in [-0.15, -0.1) is 0 Å². The average molecular weight is 285 g/mol. The Morgan fingerprint density at radius 1 is 1.55 bits per heavy atom. The largest absolute Gasteiger partial charge is 0.463 e. The van der Waals surface area contributed by atoms with Crippen LogP contribution in [0, 0.1) is 0 Å². The Morgan fingerprint density at radius 2 is 2.25 bits per heavy atom. The Kier molecular flexibility index (Phi) is 4.02. The molecule has 1 fully saturated rings. The third kappa shape index (κ3) is 2.79. The summed E-state index contributed by atoms with van der Waals surface area (Å²) < 4.78 is 11.1. The predicted molar refractivity (Wildman–Crippen MR) is 65.5 cm³/mol. The molecule has 1 aromatic heterocycles. The fraction of sp³-hybridized carbons (Fsp3) is 0.545. The van der Waals surface area contributed by atoms with Crippen LogP contribution in [-0.4, -0.2) is 50.7 Å². The monoisotopic (exact) mass is 285 g/mol. The lowest BCUT2D eigenvalue weighted by Crippen LogP contribution is -2.36. The summed E-state index contributed by atoms with van der Waals surface area (Å²) in [5.74, 6) is -0.499. The second-order valence-electron chi connectivity index (χ2n) is 4.39. The van der Waals surface area contributed by atoms with Crippen molar-refractivity contribution in [2.24, 2.45) is 0 Å². The summed E-state index contributed by atoms with van der Waals surface area (Å²) in [5, 5.41) is 19.7. The molecule has 0 saturated carbocycles. The molecule has 0 aromatic carbocycles. The number of anilines is 1. The van der Waals surface area contributed by atoms with Crippen molar-refractivity contribution < 1.29 is 24.5 Å². The molecule has 4 unspecified atom stereocenters. The lowest BCUT2D eigenvalue weighted by Gasteiger charge is -2.16. The van der Waals surface area contributed by atoms with Gasteiger partial charge in [-0.3, -0.25) is 9.36 Å². The van der Waals surface area contributed by atoms with Crippen LogP contribution < -0.4 is 11.4 Å². The van der Waals surface area contributed by atoms with E-state index in [-0.39, 0.29) is 12.4 Å². The number of hydrogen-bond donors (Lipinski definition) is 3. The molecule has 9 nitrogen and oxygen atoms in total. The average Bonchev–Trinajstić information content (AvgIpc) is 2.64. The van der Waals surface area contributed by atoms with E-state index in [4.69, 9.17) is 15.2 Å². The second-order valence-corrected chi connectivity index (χ2v) is 4.39. The zero-order valence-electron chi connectivity index (χ0n) is 10.7. The van der Waals surface area contributed by atoms with E-state index in [1.165, 1.54) is 19.2 Å². The molecule has 0 radical (unpaired) electrons. The summed E-state index contributed by atoms with van der Waals surface area (Å²) >= 11 is 0. The molecule has 20 heavy (non-hydrogen) atoms. The number of rotatable bonds is 3. The van der Waals surface area contributed by atoms with E-state index in [0.717, 1.165) is 4.57 Å². The minimum absolute atomic E-state index is 0.0377. The van der Waals surface area contributed by atoms with Crippen molar-refractivity contribution >= 4 is 11.8 Å². The van der Waals surface area contributed by atoms with Gasteiger partial charge in [0, 0.05) is 13.1 Å². The van der Waals surface area contributed by atoms with Gasteiger partial charge in [-0.25, -0.2) is 4.79 Å². The van der Waals surface area contributed by atoms with Crippen molar-refractivity contribution in [1.82, 2.24) is 9.55 Å². The summed E-state index contributed by atoms with van der Waals surface area (Å²) in [4.78, 5) is 25.9. The maximum Gasteiger partial charge on any atom is 0.351 e. The van der Waals surface area contributed by atoms with Crippen LogP contribution in [0.1, 0.15) is 13.2 Å². The molecule has 4 atom stereocenters. The molecular formula is C11H15N3O6. The van der Waals surface area contributed by atoms with Crippen LogP contribution in [0.25, 0.3) is 0 Å². The molecular weight excluding hydrogens is 270 g/mol. The summed E-state index contributed by atoms with van der Waals surface area (Å²) in [7, 11) is 0. The van der Waals surface area contributed by atoms with E-state index in [2.05, 4.69) is 4.98 Å². The first-order chi connectivity index (χ1) is 9.40. The Labute approximate surface area is 113 Å². The number of carbonyl (C=O) groups is 1. The Bertz CT molecular complexity index is 559. The smallest absolute Gasteiger partial charge is 0.351 e. The highest BCUT2D eigenvalue weighted by Gasteiger charge is 2.44. The van der Waals surface area contributed by atoms with Gasteiger partial charge in [-0.05, 0) is 6.07 Å². The van der Waals surface area contributed by atoms with Crippen LogP contribution in [0.5, 0.6) is 0 Å². The molecule has 9 heteroatoms. The van der Waals surface area contributed by atoms with E-state index >= 15 is 0 Å². The normalized spacial score (nSPS) is 29.4. The highest BCUT2D eigenvalue weighted by molar-refractivity contribution is 5.65. The topological polar surface area (TPSA) is 137 Å². The zero-order chi connectivity index (χ0) is 14.9. The molecule has 1 aromatic rings. The van der Waals surface area contributed by atoms with E-state index < -0.39 is 36.2 Å². The van der Waals surface area contributed by atoms with Crippen LogP contribution in [0.3, 0.4) is 0 Å². The van der Waals surface area contributed by atoms with E-state index in [0.29, 0.717) is 0 Å². The number of aromatic nitrogens is 2. The van der Waals surface area contributed by atoms with Crippen molar-refractivity contribution in [3.63, 3.8) is 0 Å². The minimum atomic E-state index is -1.35. The van der Waals surface area contributed by atoms with Crippen LogP contribution >= 0.6 is 0 Å². The maximum absolute atomic E-state index is 11.7. The van der Waals surface area contributed by atoms with Crippen molar-refractivity contribution in [1.29, 1.82) is 0 Å². The number of aliphatic hydroxyl groups is 2. The molecule has 1 aliphatic rings. The van der Waals surface area contributed by atoms with Crippen LogP contribution in [0.2, 0.25) is 0 Å². The van der Waals surface area contributed by atoms with Gasteiger partial charge in [0.25, 0.3) is 0 Å². The van der Waals surface area contributed by atoms with Crippen molar-refractivity contribution in [3.05, 3.63) is 22.7 Å². The summed E-state index contributed by atoms with van der Waals surface area (Å²) in [5.41, 5.74) is 4.65. The van der Waals surface area contributed by atoms with Crippen molar-refractivity contribution in [2.45, 2.75) is 31.5 Å². The third-order valence-electron chi connectivity index (χ3n) is 2.91. The number of carbonyl (C=O) groups excluding carboxylic acids is 1. The maximum atomic E-state index is 11.7. The molecule has 110 valence electrons. The van der Waals surface area contributed by atoms with E-state index in [1.54, 1.807) is 0 Å². The molecule has 4 N–H and O–H groups in total.